The summed E-state index contributed by atoms with van der Waals surface area (Å²) in [6.07, 6.45) is 0.463. The molecule has 1 atom stereocenters. The van der Waals surface area contributed by atoms with Gasteiger partial charge in [-0.3, -0.25) is 10.1 Å². The fraction of sp³-hybridized carbons (Fsp3) is 0.167. The molecule has 2 aromatic heterocycles. The predicted molar refractivity (Wildman–Crippen MR) is 73.4 cm³/mol. The summed E-state index contributed by atoms with van der Waals surface area (Å²) in [4.78, 5) is 14.1. The summed E-state index contributed by atoms with van der Waals surface area (Å²) < 4.78 is 0. The van der Waals surface area contributed by atoms with Crippen molar-refractivity contribution in [3.8, 4) is 6.07 Å². The van der Waals surface area contributed by atoms with Gasteiger partial charge in [0.15, 0.2) is 0 Å². The first-order valence-electron chi connectivity index (χ1n) is 5.60. The second-order valence-electron chi connectivity index (χ2n) is 3.91. The molecular formula is C12H10N4O3S. The van der Waals surface area contributed by atoms with Crippen LogP contribution in [0.2, 0.25) is 0 Å². The molecule has 2 N–H and O–H groups in total. The third kappa shape index (κ3) is 3.09. The lowest BCUT2D eigenvalue weighted by Crippen LogP contribution is -2.13. The number of aromatic nitrogens is 1. The van der Waals surface area contributed by atoms with Gasteiger partial charge >= 0.3 is 5.69 Å². The van der Waals surface area contributed by atoms with Crippen molar-refractivity contribution in [2.24, 2.45) is 0 Å². The molecule has 0 radical (unpaired) electrons. The van der Waals surface area contributed by atoms with Crippen molar-refractivity contribution in [1.29, 1.82) is 5.26 Å². The lowest BCUT2D eigenvalue weighted by Gasteiger charge is -2.11. The Bertz CT molecular complexity index is 651. The van der Waals surface area contributed by atoms with Gasteiger partial charge in [-0.1, -0.05) is 0 Å². The van der Waals surface area contributed by atoms with Crippen LogP contribution >= 0.6 is 11.3 Å². The highest BCUT2D eigenvalue weighted by atomic mass is 32.1. The van der Waals surface area contributed by atoms with Crippen LogP contribution in [-0.2, 0) is 0 Å². The van der Waals surface area contributed by atoms with Gasteiger partial charge in [0.1, 0.15) is 6.07 Å². The fourth-order valence-electron chi connectivity index (χ4n) is 1.57. The van der Waals surface area contributed by atoms with Crippen LogP contribution in [0.25, 0.3) is 0 Å². The van der Waals surface area contributed by atoms with Gasteiger partial charge < -0.3 is 10.4 Å². The van der Waals surface area contributed by atoms with Crippen LogP contribution in [0.4, 0.5) is 11.5 Å². The number of anilines is 1. The Morgan fingerprint density at radius 3 is 3.05 bits per heavy atom. The first-order valence-corrected chi connectivity index (χ1v) is 6.54. The van der Waals surface area contributed by atoms with E-state index in [2.05, 4.69) is 10.3 Å². The van der Waals surface area contributed by atoms with Crippen molar-refractivity contribution in [3.05, 3.63) is 50.3 Å². The summed E-state index contributed by atoms with van der Waals surface area (Å²) in [7, 11) is 0. The Morgan fingerprint density at radius 1 is 1.65 bits per heavy atom. The topological polar surface area (TPSA) is 112 Å². The van der Waals surface area contributed by atoms with E-state index in [-0.39, 0.29) is 23.6 Å². The number of nitrogens with zero attached hydrogens (tertiary/aromatic N) is 3. The number of aliphatic hydroxyl groups excluding tert-OH is 1. The molecule has 8 heteroatoms. The summed E-state index contributed by atoms with van der Waals surface area (Å²) in [5, 5.41) is 35.9. The molecule has 0 saturated carbocycles. The van der Waals surface area contributed by atoms with Crippen molar-refractivity contribution >= 4 is 22.8 Å². The van der Waals surface area contributed by atoms with E-state index in [0.29, 0.717) is 0 Å². The van der Waals surface area contributed by atoms with E-state index in [0.717, 1.165) is 11.6 Å². The van der Waals surface area contributed by atoms with Gasteiger partial charge in [0.25, 0.3) is 0 Å². The van der Waals surface area contributed by atoms with E-state index in [1.54, 1.807) is 17.5 Å². The first-order chi connectivity index (χ1) is 9.61. The highest BCUT2D eigenvalue weighted by Crippen LogP contribution is 2.24. The van der Waals surface area contributed by atoms with Crippen LogP contribution in [0.5, 0.6) is 0 Å². The summed E-state index contributed by atoms with van der Waals surface area (Å²) in [5.74, 6) is 0.0308. The summed E-state index contributed by atoms with van der Waals surface area (Å²) in [6.45, 7) is 0.0937. The van der Waals surface area contributed by atoms with Crippen LogP contribution in [0, 0.1) is 21.4 Å². The zero-order chi connectivity index (χ0) is 14.5. The molecule has 0 amide bonds. The van der Waals surface area contributed by atoms with Gasteiger partial charge in [-0.15, -0.1) is 0 Å². The van der Waals surface area contributed by atoms with Crippen LogP contribution < -0.4 is 5.32 Å². The molecule has 0 fully saturated rings. The minimum Gasteiger partial charge on any atom is -0.387 e. The maximum atomic E-state index is 10.9. The number of thiophene rings is 1. The van der Waals surface area contributed by atoms with Gasteiger partial charge in [0, 0.05) is 18.8 Å². The largest absolute Gasteiger partial charge is 0.387 e. The SMILES string of the molecule is N#Cc1cnc(NCC(O)c2ccsc2)c([N+](=O)[O-])c1. The number of rotatable bonds is 5. The summed E-state index contributed by atoms with van der Waals surface area (Å²) in [5.41, 5.74) is 0.556. The Morgan fingerprint density at radius 2 is 2.45 bits per heavy atom. The smallest absolute Gasteiger partial charge is 0.312 e. The number of hydrogen-bond acceptors (Lipinski definition) is 7. The van der Waals surface area contributed by atoms with Crippen LogP contribution in [0.1, 0.15) is 17.2 Å². The second-order valence-corrected chi connectivity index (χ2v) is 4.69. The van der Waals surface area contributed by atoms with Crippen LogP contribution in [0.15, 0.2) is 29.1 Å². The number of hydrogen-bond donors (Lipinski definition) is 2. The van der Waals surface area contributed by atoms with Gasteiger partial charge in [-0.2, -0.15) is 16.6 Å². The summed E-state index contributed by atoms with van der Waals surface area (Å²) >= 11 is 1.45. The number of nitro groups is 1. The van der Waals surface area contributed by atoms with Gasteiger partial charge in [-0.25, -0.2) is 4.98 Å². The maximum Gasteiger partial charge on any atom is 0.312 e. The molecule has 2 aromatic rings. The van der Waals surface area contributed by atoms with Crippen molar-refractivity contribution in [2.45, 2.75) is 6.10 Å². The molecule has 0 saturated heterocycles. The van der Waals surface area contributed by atoms with E-state index in [1.807, 2.05) is 5.38 Å². The standard InChI is InChI=1S/C12H10N4O3S/c13-4-8-3-10(16(18)19)12(14-5-8)15-6-11(17)9-1-2-20-7-9/h1-3,5,7,11,17H,6H2,(H,14,15). The van der Waals surface area contributed by atoms with Crippen molar-refractivity contribution in [1.82, 2.24) is 4.98 Å². The van der Waals surface area contributed by atoms with Crippen LogP contribution in [-0.4, -0.2) is 21.6 Å². The van der Waals surface area contributed by atoms with Crippen molar-refractivity contribution < 1.29 is 10.0 Å². The average Bonchev–Trinajstić information content (AvgIpc) is 2.98. The minimum absolute atomic E-state index is 0.0308. The summed E-state index contributed by atoms with van der Waals surface area (Å²) in [6, 6.07) is 4.71. The molecule has 0 aromatic carbocycles. The zero-order valence-electron chi connectivity index (χ0n) is 10.2. The number of nitrogens with one attached hydrogen (secondary N) is 1. The Labute approximate surface area is 118 Å². The highest BCUT2D eigenvalue weighted by molar-refractivity contribution is 7.07. The van der Waals surface area contributed by atoms with E-state index >= 15 is 0 Å². The normalized spacial score (nSPS) is 11.6. The zero-order valence-corrected chi connectivity index (χ0v) is 11.0. The van der Waals surface area contributed by atoms with E-state index in [4.69, 9.17) is 5.26 Å². The molecule has 20 heavy (non-hydrogen) atoms. The molecule has 2 heterocycles. The monoisotopic (exact) mass is 290 g/mol. The predicted octanol–water partition coefficient (Wildman–Crippen LogP) is 2.07. The van der Waals surface area contributed by atoms with E-state index in [9.17, 15) is 15.2 Å². The Kier molecular flexibility index (Phi) is 4.24. The molecule has 0 aliphatic rings. The van der Waals surface area contributed by atoms with Crippen molar-refractivity contribution in [2.75, 3.05) is 11.9 Å². The molecule has 1 unspecified atom stereocenters. The molecule has 0 bridgehead atoms. The number of pyridine rings is 1. The third-order valence-electron chi connectivity index (χ3n) is 2.58. The Balaban J connectivity index is 2.13. The van der Waals surface area contributed by atoms with Gasteiger partial charge in [-0.05, 0) is 22.4 Å². The molecule has 7 nitrogen and oxygen atoms in total. The van der Waals surface area contributed by atoms with Gasteiger partial charge in [0.2, 0.25) is 5.82 Å². The Hall–Kier alpha value is -2.50. The lowest BCUT2D eigenvalue weighted by atomic mass is 10.2. The number of aliphatic hydroxyl groups is 1. The lowest BCUT2D eigenvalue weighted by molar-refractivity contribution is -0.384. The second kappa shape index (κ2) is 6.10. The number of nitriles is 1. The average molecular weight is 290 g/mol. The first kappa shape index (κ1) is 13.9. The van der Waals surface area contributed by atoms with E-state index < -0.39 is 11.0 Å². The van der Waals surface area contributed by atoms with Crippen LogP contribution in [0.3, 0.4) is 0 Å². The molecule has 0 aliphatic carbocycles. The molecule has 0 aliphatic heterocycles. The quantitative estimate of drug-likeness (QED) is 0.644. The fourth-order valence-corrected chi connectivity index (χ4v) is 2.27. The third-order valence-corrected chi connectivity index (χ3v) is 3.29. The molecule has 102 valence electrons. The maximum absolute atomic E-state index is 10.9. The van der Waals surface area contributed by atoms with Crippen molar-refractivity contribution in [3.63, 3.8) is 0 Å². The molecule has 2 rings (SSSR count). The van der Waals surface area contributed by atoms with E-state index in [1.165, 1.54) is 17.5 Å². The molecular weight excluding hydrogens is 280 g/mol. The minimum atomic E-state index is -0.779. The van der Waals surface area contributed by atoms with Gasteiger partial charge in [0.05, 0.1) is 16.6 Å². The molecule has 0 spiro atoms. The highest BCUT2D eigenvalue weighted by Gasteiger charge is 2.17.